The summed E-state index contributed by atoms with van der Waals surface area (Å²) in [5.74, 6) is -2.52. The van der Waals surface area contributed by atoms with Crippen LogP contribution < -0.4 is 0 Å². The Labute approximate surface area is 761 Å². The molecular formula is C72H116O56S4. The highest BCUT2D eigenvalue weighted by Gasteiger charge is 2.64. The van der Waals surface area contributed by atoms with E-state index in [-0.39, 0.29) is 0 Å². The highest BCUT2D eigenvalue weighted by Crippen LogP contribution is 2.46. The predicted octanol–water partition coefficient (Wildman–Crippen LogP) is -21.3. The molecule has 764 valence electrons. The van der Waals surface area contributed by atoms with E-state index in [4.69, 9.17) is 114 Å². The molecule has 60 atom stereocenters. The first-order valence-corrected chi connectivity index (χ1v) is 47.4. The van der Waals surface area contributed by atoms with Crippen LogP contribution in [-0.2, 0) is 114 Å². The second-order valence-electron chi connectivity index (χ2n) is 34.1. The Morgan fingerprint density at radius 3 is 0.341 bits per heavy atom. The van der Waals surface area contributed by atoms with E-state index < -0.39 is 444 Å². The van der Waals surface area contributed by atoms with E-state index in [0.717, 1.165) is 0 Å². The molecule has 32 N–H and O–H groups in total. The van der Waals surface area contributed by atoms with Gasteiger partial charge in [-0.2, -0.15) is 0 Å². The monoisotopic (exact) mass is 2000 g/mol. The number of hydrogen-bond acceptors (Lipinski definition) is 60. The van der Waals surface area contributed by atoms with Crippen molar-refractivity contribution < 1.29 is 277 Å². The lowest BCUT2D eigenvalue weighted by Crippen LogP contribution is -2.69. The molecule has 48 saturated heterocycles. The molecule has 48 aliphatic rings. The molecule has 48 fully saturated rings. The number of ether oxygens (including phenoxy) is 24. The largest absolute Gasteiger partial charge is 0.394 e. The van der Waals surface area contributed by atoms with Crippen LogP contribution in [0.3, 0.4) is 0 Å². The summed E-state index contributed by atoms with van der Waals surface area (Å²) in [7, 11) is 2.71. The SMILES string of the molecule is OC[C@H]1O[C@@H]2O[C@H]3C(O)[C@@H](O)[C@H](O[C@@H]3CO)O[C@H]3C(O)[C@@H](O)[C@@H]4O[C@H]5[C@H](O)[C@@H](O)[C@@H](O[C@H]6[C@H](O)[C@@H](O)[C@@H](O[C@H]7[C@H](O)[C@@H](O)[C@H](O[C@H]1[C@H](O)[C@H]2O)O[C@H]7CSSC[C@@H]1O[C@H]2O[C@H]7[C@H](O)[C@@H](O)[C@H](O[C@@H]7CO)O[C@H]7C(O)[C@@H](O)[C@H](O[C@@H]7CO)O[C@H]7C(O)[C@@H](O)[C@H](O[C@H]8[C@H](O)[C@@H](O)[C@@H](O[C@H]9[C@H](O)[C@@H](O)[C@@H](O[C@H]1[C@H](O)[C@H]2O)O[C@@H]9CO)O[C@@H]8CO)O[C@H]7CSSC[C@@H]3O4)O[C@@H]6CO)O[C@@H]5CO. The van der Waals surface area contributed by atoms with E-state index in [0.29, 0.717) is 43.2 Å². The van der Waals surface area contributed by atoms with Crippen LogP contribution in [-0.4, -0.2) is 608 Å². The van der Waals surface area contributed by atoms with Crippen LogP contribution in [0.15, 0.2) is 0 Å². The molecule has 0 aliphatic carbocycles. The van der Waals surface area contributed by atoms with Gasteiger partial charge in [-0.3, -0.25) is 0 Å². The zero-order valence-electron chi connectivity index (χ0n) is 68.9. The van der Waals surface area contributed by atoms with Crippen molar-refractivity contribution in [2.24, 2.45) is 0 Å². The standard InChI is InChI=1S/C72H116O56S4/c73-1-13-49-29(85)41(97)65(109-13)125-57-21-9-129-130-10-22-58-35(91)47(103)71(115-22)123-55-19(7-79)107-63(39(95)27(55)83)120-52-16(4-76)112-68(44(100)32(52)88)128-60-24(116-72(48(104)36(60)92)124-56-20(8-80)108-64(40(96)28(56)84)119-51-15(3-75)110-66(126-58)42(98)30(51)86)12-132-131-11-23-59(34(90)46(102)70(114-23)121-53-17(5-77)105-61(117-49)37(93)25(53)81)127-67-43(99)31(87)50(14(2-74)111-67)118-62-38(94)26(82)54(18(6-78)106-62)122-69(113-21)45(101)33(57)89/h13-104H,1-12H2/t13-,14-,15-,16-,17-,18-,19-,20-,21+,22+,23+,24+,25-,26-,27-,28-,29-,30-,31?,32?,33-,34?,35-,36?,37-,38-,39-,40-,41-,42-,43-,44-,45-,46-,47-,48-,49-,50-,51-,52-,53-,54-,55-,56-,57-,58-,59-,60-,61-,62-,63-,64-,65-,66-,67-,68-,69+,70+,71+,72+/m1/s1. The van der Waals surface area contributed by atoms with E-state index in [1.165, 1.54) is 0 Å². The minimum atomic E-state index is -2.42. The van der Waals surface area contributed by atoms with E-state index >= 15 is 0 Å². The van der Waals surface area contributed by atoms with Gasteiger partial charge in [-0.1, -0.05) is 43.2 Å². The minimum Gasteiger partial charge on any atom is -0.394 e. The van der Waals surface area contributed by atoms with Crippen LogP contribution in [0.2, 0.25) is 0 Å². The summed E-state index contributed by atoms with van der Waals surface area (Å²) < 4.78 is 145. The van der Waals surface area contributed by atoms with E-state index in [9.17, 15) is 163 Å². The fraction of sp³-hybridized carbons (Fsp3) is 1.00. The smallest absolute Gasteiger partial charge is 0.187 e. The van der Waals surface area contributed by atoms with Crippen molar-refractivity contribution in [3.8, 4) is 0 Å². The minimum absolute atomic E-state index is 0.629. The van der Waals surface area contributed by atoms with Crippen LogP contribution >= 0.6 is 43.2 Å². The molecule has 0 aromatic heterocycles. The first kappa shape index (κ1) is 105. The molecule has 0 aromatic carbocycles. The number of aliphatic hydroxyl groups is 32. The Kier molecular flexibility index (Phi) is 36.1. The lowest BCUT2D eigenvalue weighted by Gasteiger charge is -2.51. The third kappa shape index (κ3) is 21.1. The lowest BCUT2D eigenvalue weighted by molar-refractivity contribution is -0.401. The lowest BCUT2D eigenvalue weighted by atomic mass is 9.95. The maximum Gasteiger partial charge on any atom is 0.187 e. The molecule has 0 radical (unpaired) electrons. The van der Waals surface area contributed by atoms with Crippen molar-refractivity contribution in [3.63, 3.8) is 0 Å². The van der Waals surface area contributed by atoms with Crippen molar-refractivity contribution in [2.45, 2.75) is 368 Å². The summed E-state index contributed by atoms with van der Waals surface area (Å²) in [5.41, 5.74) is 0. The van der Waals surface area contributed by atoms with Crippen molar-refractivity contribution in [3.05, 3.63) is 0 Å². The third-order valence-electron chi connectivity index (χ3n) is 25.7. The van der Waals surface area contributed by atoms with Gasteiger partial charge in [0, 0.05) is 23.0 Å². The molecule has 48 heterocycles. The topological polar surface area (TPSA) is 869 Å². The molecule has 48 aliphatic heterocycles. The molecule has 4 unspecified atom stereocenters. The second-order valence-corrected chi connectivity index (χ2v) is 39.2. The number of rotatable bonds is 8. The normalized spacial score (nSPS) is 56.4. The van der Waals surface area contributed by atoms with Crippen LogP contribution in [0.5, 0.6) is 0 Å². The van der Waals surface area contributed by atoms with Crippen molar-refractivity contribution >= 4 is 43.2 Å². The zero-order valence-corrected chi connectivity index (χ0v) is 72.1. The average molecular weight is 2010 g/mol. The van der Waals surface area contributed by atoms with Gasteiger partial charge < -0.3 is 277 Å². The highest BCUT2D eigenvalue weighted by molar-refractivity contribution is 8.77. The molecule has 0 amide bonds. The summed E-state index contributed by atoms with van der Waals surface area (Å²) >= 11 is 0. The summed E-state index contributed by atoms with van der Waals surface area (Å²) in [6.07, 6.45) is -132. The van der Waals surface area contributed by atoms with Crippen LogP contribution in [0, 0.1) is 0 Å². The van der Waals surface area contributed by atoms with Gasteiger partial charge >= 0.3 is 0 Å². The van der Waals surface area contributed by atoms with Gasteiger partial charge in [0.05, 0.1) is 77.3 Å². The van der Waals surface area contributed by atoms with Gasteiger partial charge in [-0.25, -0.2) is 0 Å². The van der Waals surface area contributed by atoms with Gasteiger partial charge in [-0.15, -0.1) is 0 Å². The van der Waals surface area contributed by atoms with Crippen molar-refractivity contribution in [1.82, 2.24) is 0 Å². The fourth-order valence-corrected chi connectivity index (χ4v) is 23.0. The summed E-state index contributed by atoms with van der Waals surface area (Å²) in [6.45, 7) is -9.49. The van der Waals surface area contributed by atoms with Gasteiger partial charge in [0.15, 0.2) is 75.5 Å². The van der Waals surface area contributed by atoms with E-state index in [1.807, 2.05) is 0 Å². The highest BCUT2D eigenvalue weighted by atomic mass is 33.1. The van der Waals surface area contributed by atoms with Crippen molar-refractivity contribution in [1.29, 1.82) is 0 Å². The van der Waals surface area contributed by atoms with Crippen LogP contribution in [0.25, 0.3) is 0 Å². The first-order valence-electron chi connectivity index (χ1n) is 42.4. The molecule has 28 bridgehead atoms. The van der Waals surface area contributed by atoms with Crippen LogP contribution in [0.1, 0.15) is 0 Å². The number of aliphatic hydroxyl groups excluding tert-OH is 32. The molecule has 60 heteroatoms. The van der Waals surface area contributed by atoms with E-state index in [2.05, 4.69) is 0 Å². The van der Waals surface area contributed by atoms with Crippen molar-refractivity contribution in [2.75, 3.05) is 75.9 Å². The fourth-order valence-electron chi connectivity index (χ4n) is 18.3. The summed E-state index contributed by atoms with van der Waals surface area (Å²) in [5, 5.41) is 377. The van der Waals surface area contributed by atoms with Gasteiger partial charge in [-0.05, 0) is 0 Å². The molecule has 132 heavy (non-hydrogen) atoms. The zero-order chi connectivity index (χ0) is 94.9. The molecule has 0 saturated carbocycles. The Bertz CT molecular complexity index is 3110. The molecule has 0 aromatic rings. The quantitative estimate of drug-likeness (QED) is 0.100. The second kappa shape index (κ2) is 45.2. The summed E-state index contributed by atoms with van der Waals surface area (Å²) in [4.78, 5) is 0. The molecular weight excluding hydrogens is 1890 g/mol. The third-order valence-corrected chi connectivity index (χ3v) is 30.5. The molecule has 0 spiro atoms. The maximum atomic E-state index is 12.4. The molecule has 48 rings (SSSR count). The predicted molar refractivity (Wildman–Crippen MR) is 413 cm³/mol. The molecule has 56 nitrogen and oxygen atoms in total. The first-order chi connectivity index (χ1) is 63.0. The summed E-state index contributed by atoms with van der Waals surface area (Å²) in [6, 6.07) is 0. The Morgan fingerprint density at radius 2 is 0.227 bits per heavy atom. The number of hydrogen-bond donors (Lipinski definition) is 32. The Balaban J connectivity index is 0.848. The Morgan fingerprint density at radius 1 is 0.129 bits per heavy atom. The average Bonchev–Trinajstić information content (AvgIpc) is 0.761. The van der Waals surface area contributed by atoms with Crippen LogP contribution in [0.4, 0.5) is 0 Å². The Hall–Kier alpha value is -0.840. The van der Waals surface area contributed by atoms with E-state index in [1.54, 1.807) is 0 Å². The van der Waals surface area contributed by atoms with Gasteiger partial charge in [0.2, 0.25) is 0 Å². The van der Waals surface area contributed by atoms with Gasteiger partial charge in [0.25, 0.3) is 0 Å². The van der Waals surface area contributed by atoms with Gasteiger partial charge in [0.1, 0.15) is 269 Å². The maximum absolute atomic E-state index is 12.4.